The van der Waals surface area contributed by atoms with Crippen molar-refractivity contribution in [2.75, 3.05) is 40.5 Å². The first kappa shape index (κ1) is 21.3. The monoisotopic (exact) mass is 415 g/mol. The molecule has 0 aromatic carbocycles. The zero-order valence-corrected chi connectivity index (χ0v) is 18.2. The van der Waals surface area contributed by atoms with E-state index in [9.17, 15) is 14.7 Å². The average molecular weight is 416 g/mol. The van der Waals surface area contributed by atoms with Crippen LogP contribution in [0.5, 0.6) is 0 Å². The molecule has 3 aliphatic rings. The largest absolute Gasteiger partial charge is 0.396 e. The maximum absolute atomic E-state index is 13.2. The quantitative estimate of drug-likeness (QED) is 0.786. The lowest BCUT2D eigenvalue weighted by Crippen LogP contribution is -2.49. The third-order valence-corrected chi connectivity index (χ3v) is 7.07. The molecule has 7 nitrogen and oxygen atoms in total. The number of pyridine rings is 1. The number of carbonyl (C=O) groups is 1. The van der Waals surface area contributed by atoms with Crippen LogP contribution in [0.4, 0.5) is 0 Å². The highest BCUT2D eigenvalue weighted by Gasteiger charge is 2.56. The number of hydrogen-bond donors (Lipinski definition) is 1. The highest BCUT2D eigenvalue weighted by Crippen LogP contribution is 2.50. The van der Waals surface area contributed by atoms with Gasteiger partial charge >= 0.3 is 0 Å². The van der Waals surface area contributed by atoms with Gasteiger partial charge in [0.05, 0.1) is 12.1 Å². The molecule has 2 fully saturated rings. The summed E-state index contributed by atoms with van der Waals surface area (Å²) in [6, 6.07) is 3.54. The molecule has 1 aromatic heterocycles. The minimum atomic E-state index is -0.359. The molecule has 0 aliphatic carbocycles. The Kier molecular flexibility index (Phi) is 6.14. The number of hydrogen-bond acceptors (Lipinski definition) is 5. The molecule has 0 radical (unpaired) electrons. The lowest BCUT2D eigenvalue weighted by atomic mass is 9.88. The van der Waals surface area contributed by atoms with Crippen LogP contribution in [0.25, 0.3) is 6.08 Å². The van der Waals surface area contributed by atoms with E-state index in [1.807, 2.05) is 35.8 Å². The molecular weight excluding hydrogens is 382 g/mol. The second kappa shape index (κ2) is 8.65. The van der Waals surface area contributed by atoms with E-state index in [4.69, 9.17) is 4.74 Å². The number of allylic oxidation sites excluding steroid dienone is 1. The van der Waals surface area contributed by atoms with Crippen LogP contribution >= 0.6 is 0 Å². The molecule has 1 amide bonds. The molecule has 30 heavy (non-hydrogen) atoms. The predicted octanol–water partition coefficient (Wildman–Crippen LogP) is 1.36. The number of amides is 1. The number of fused-ring (bicyclic) bond motifs is 3. The first-order valence-corrected chi connectivity index (χ1v) is 11.0. The summed E-state index contributed by atoms with van der Waals surface area (Å²) >= 11 is 0. The molecule has 164 valence electrons. The fourth-order valence-electron chi connectivity index (χ4n) is 5.61. The molecular formula is C23H33N3O4. The Hall–Kier alpha value is -1.96. The summed E-state index contributed by atoms with van der Waals surface area (Å²) in [5.74, 6) is 0.360. The number of nitrogens with zero attached hydrogens (tertiary/aromatic N) is 3. The van der Waals surface area contributed by atoms with Gasteiger partial charge in [0.2, 0.25) is 5.91 Å². The normalized spacial score (nSPS) is 29.3. The average Bonchev–Trinajstić information content (AvgIpc) is 3.26. The van der Waals surface area contributed by atoms with E-state index in [0.717, 1.165) is 38.3 Å². The minimum absolute atomic E-state index is 0.0122. The molecule has 0 bridgehead atoms. The van der Waals surface area contributed by atoms with Crippen molar-refractivity contribution in [2.24, 2.45) is 17.8 Å². The third-order valence-electron chi connectivity index (χ3n) is 7.07. The first-order chi connectivity index (χ1) is 14.5. The molecule has 4 atom stereocenters. The van der Waals surface area contributed by atoms with Crippen LogP contribution in [0.3, 0.4) is 0 Å². The number of aliphatic hydroxyl groups excluding tert-OH is 1. The topological polar surface area (TPSA) is 75.0 Å². The van der Waals surface area contributed by atoms with Gasteiger partial charge in [0.15, 0.2) is 0 Å². The van der Waals surface area contributed by atoms with E-state index in [-0.39, 0.29) is 42.0 Å². The Morgan fingerprint density at radius 1 is 1.30 bits per heavy atom. The molecule has 4 heterocycles. The van der Waals surface area contributed by atoms with Gasteiger partial charge in [0.1, 0.15) is 0 Å². The van der Waals surface area contributed by atoms with E-state index in [1.165, 1.54) is 0 Å². The van der Waals surface area contributed by atoms with Crippen LogP contribution in [0.15, 0.2) is 23.0 Å². The molecule has 0 saturated carbocycles. The van der Waals surface area contributed by atoms with Gasteiger partial charge in [0, 0.05) is 70.1 Å². The van der Waals surface area contributed by atoms with Crippen molar-refractivity contribution >= 4 is 12.0 Å². The van der Waals surface area contributed by atoms with Gasteiger partial charge < -0.3 is 19.3 Å². The third kappa shape index (κ3) is 3.53. The van der Waals surface area contributed by atoms with Crippen LogP contribution in [0.1, 0.15) is 37.1 Å². The van der Waals surface area contributed by atoms with E-state index in [1.54, 1.807) is 19.0 Å². The summed E-state index contributed by atoms with van der Waals surface area (Å²) in [7, 11) is 3.55. The number of aromatic nitrogens is 1. The zero-order valence-electron chi connectivity index (χ0n) is 18.2. The first-order valence-electron chi connectivity index (χ1n) is 11.0. The second-order valence-corrected chi connectivity index (χ2v) is 9.01. The van der Waals surface area contributed by atoms with Crippen LogP contribution in [0.2, 0.25) is 0 Å². The van der Waals surface area contributed by atoms with Gasteiger partial charge in [-0.2, -0.15) is 0 Å². The smallest absolute Gasteiger partial charge is 0.258 e. The van der Waals surface area contributed by atoms with Crippen molar-refractivity contribution in [3.05, 3.63) is 39.8 Å². The fourth-order valence-corrected chi connectivity index (χ4v) is 5.61. The van der Waals surface area contributed by atoms with E-state index in [2.05, 4.69) is 4.90 Å². The van der Waals surface area contributed by atoms with E-state index < -0.39 is 0 Å². The van der Waals surface area contributed by atoms with Gasteiger partial charge in [-0.1, -0.05) is 12.2 Å². The van der Waals surface area contributed by atoms with Gasteiger partial charge in [-0.25, -0.2) is 0 Å². The second-order valence-electron chi connectivity index (χ2n) is 9.01. The standard InChI is InChI=1S/C23H33N3O4/c1-4-5-16-6-7-19-20-17(13-25(19)22(16)28)18(14-27)21(23(29)24(2)3)26(20)12-15-8-10-30-11-9-15/h4-7,15,17-18,20-21,27H,8-14H2,1-3H3/b5-4+/t17-,18-,20+,21-/m0/s1. The van der Waals surface area contributed by atoms with Crippen LogP contribution in [0, 0.1) is 17.8 Å². The summed E-state index contributed by atoms with van der Waals surface area (Å²) in [6.07, 6.45) is 5.67. The SMILES string of the molecule is C/C=C/c1ccc2n(c1=O)C[C@H]1[C@H](CO)[C@@H](C(=O)N(C)C)N(CC3CCOCC3)[C@@H]21. The minimum Gasteiger partial charge on any atom is -0.396 e. The summed E-state index contributed by atoms with van der Waals surface area (Å²) in [6.45, 7) is 4.70. The number of aliphatic hydroxyl groups is 1. The number of ether oxygens (including phenoxy) is 1. The molecule has 4 rings (SSSR count). The van der Waals surface area contributed by atoms with Crippen molar-refractivity contribution in [1.29, 1.82) is 0 Å². The molecule has 2 saturated heterocycles. The Labute approximate surface area is 177 Å². The Morgan fingerprint density at radius 3 is 2.67 bits per heavy atom. The van der Waals surface area contributed by atoms with Gasteiger partial charge in [-0.15, -0.1) is 0 Å². The summed E-state index contributed by atoms with van der Waals surface area (Å²) in [5.41, 5.74) is 1.66. The summed E-state index contributed by atoms with van der Waals surface area (Å²) in [5, 5.41) is 10.3. The molecule has 1 aromatic rings. The maximum Gasteiger partial charge on any atom is 0.258 e. The Balaban J connectivity index is 1.75. The summed E-state index contributed by atoms with van der Waals surface area (Å²) in [4.78, 5) is 30.1. The lowest BCUT2D eigenvalue weighted by molar-refractivity contribution is -0.136. The summed E-state index contributed by atoms with van der Waals surface area (Å²) < 4.78 is 7.39. The maximum atomic E-state index is 13.2. The van der Waals surface area contributed by atoms with Gasteiger partial charge in [-0.05, 0) is 37.8 Å². The van der Waals surface area contributed by atoms with Crippen LogP contribution < -0.4 is 5.56 Å². The lowest BCUT2D eigenvalue weighted by Gasteiger charge is -2.35. The highest BCUT2D eigenvalue weighted by molar-refractivity contribution is 5.82. The number of likely N-dealkylation sites (N-methyl/N-ethyl adjacent to an activating group) is 1. The molecule has 7 heteroatoms. The van der Waals surface area contributed by atoms with Gasteiger partial charge in [0.25, 0.3) is 5.56 Å². The Morgan fingerprint density at radius 2 is 2.03 bits per heavy atom. The molecule has 0 unspecified atom stereocenters. The van der Waals surface area contributed by atoms with Crippen molar-refractivity contribution in [3.8, 4) is 0 Å². The number of carbonyl (C=O) groups excluding carboxylic acids is 1. The van der Waals surface area contributed by atoms with Crippen molar-refractivity contribution in [2.45, 2.75) is 38.4 Å². The molecule has 3 aliphatic heterocycles. The number of rotatable bonds is 5. The van der Waals surface area contributed by atoms with Crippen LogP contribution in [-0.4, -0.2) is 71.9 Å². The number of likely N-dealkylation sites (tertiary alicyclic amines) is 1. The van der Waals surface area contributed by atoms with E-state index in [0.29, 0.717) is 18.0 Å². The molecule has 0 spiro atoms. The highest BCUT2D eigenvalue weighted by atomic mass is 16.5. The predicted molar refractivity (Wildman–Crippen MR) is 115 cm³/mol. The Bertz CT molecular complexity index is 872. The van der Waals surface area contributed by atoms with Crippen molar-refractivity contribution < 1.29 is 14.6 Å². The van der Waals surface area contributed by atoms with E-state index >= 15 is 0 Å². The van der Waals surface area contributed by atoms with Crippen LogP contribution in [-0.2, 0) is 16.1 Å². The van der Waals surface area contributed by atoms with Crippen molar-refractivity contribution in [1.82, 2.24) is 14.4 Å². The van der Waals surface area contributed by atoms with Crippen molar-refractivity contribution in [3.63, 3.8) is 0 Å². The zero-order chi connectivity index (χ0) is 21.4. The van der Waals surface area contributed by atoms with Gasteiger partial charge in [-0.3, -0.25) is 14.5 Å². The molecule has 1 N–H and O–H groups in total. The fraction of sp³-hybridized carbons (Fsp3) is 0.652.